The molecule has 2 heterocycles. The molecular formula is C27H15ClF3NO5. The number of halogens is 4. The van der Waals surface area contributed by atoms with Gasteiger partial charge in [0.15, 0.2) is 0 Å². The number of hydrogen-bond donors (Lipinski definition) is 0. The standard InChI is InChI=1S/C27H15ClF3NO5/c28-15-10-8-13(9-11-15)21-19-20(26(37-21)22(33)17-6-1-2-7-18(17)23(26)34)25(36)32(24(19)35)16-5-3-4-14(12-16)27(29,30)31/h1-12,19-21H. The second kappa shape index (κ2) is 7.84. The van der Waals surface area contributed by atoms with Gasteiger partial charge in [-0.1, -0.05) is 54.1 Å². The summed E-state index contributed by atoms with van der Waals surface area (Å²) in [5.74, 6) is -6.24. The summed E-state index contributed by atoms with van der Waals surface area (Å²) in [6.07, 6.45) is -5.91. The summed E-state index contributed by atoms with van der Waals surface area (Å²) in [6, 6.07) is 15.9. The van der Waals surface area contributed by atoms with E-state index in [1.165, 1.54) is 30.3 Å². The number of anilines is 1. The Morgan fingerprint density at radius 3 is 2.03 bits per heavy atom. The van der Waals surface area contributed by atoms with E-state index in [1.54, 1.807) is 24.3 Å². The zero-order valence-electron chi connectivity index (χ0n) is 18.7. The van der Waals surface area contributed by atoms with E-state index in [0.717, 1.165) is 12.1 Å². The topological polar surface area (TPSA) is 80.8 Å². The van der Waals surface area contributed by atoms with Gasteiger partial charge < -0.3 is 4.74 Å². The van der Waals surface area contributed by atoms with Crippen LogP contribution in [0.15, 0.2) is 72.8 Å². The number of carbonyl (C=O) groups is 4. The summed E-state index contributed by atoms with van der Waals surface area (Å²) < 4.78 is 46.3. The van der Waals surface area contributed by atoms with Crippen molar-refractivity contribution in [1.29, 1.82) is 0 Å². The molecule has 10 heteroatoms. The van der Waals surface area contributed by atoms with Crippen LogP contribution in [0.25, 0.3) is 0 Å². The summed E-state index contributed by atoms with van der Waals surface area (Å²) in [7, 11) is 0. The van der Waals surface area contributed by atoms with E-state index in [4.69, 9.17) is 16.3 Å². The van der Waals surface area contributed by atoms with Gasteiger partial charge in [0.1, 0.15) is 0 Å². The summed E-state index contributed by atoms with van der Waals surface area (Å²) in [6.45, 7) is 0. The van der Waals surface area contributed by atoms with Gasteiger partial charge in [0.2, 0.25) is 29.0 Å². The number of alkyl halides is 3. The number of Topliss-reactive ketones (excluding diaryl/α,β-unsaturated/α-hetero) is 2. The molecule has 0 aromatic heterocycles. The molecule has 37 heavy (non-hydrogen) atoms. The minimum atomic E-state index is -4.72. The first-order chi connectivity index (χ1) is 17.6. The Bertz CT molecular complexity index is 1480. The lowest BCUT2D eigenvalue weighted by atomic mass is 9.77. The number of nitrogens with zero attached hydrogens (tertiary/aromatic N) is 1. The number of ether oxygens (including phenoxy) is 1. The van der Waals surface area contributed by atoms with Gasteiger partial charge in [0.05, 0.1) is 29.2 Å². The molecule has 0 bridgehead atoms. The van der Waals surface area contributed by atoms with E-state index in [1.807, 2.05) is 0 Å². The third kappa shape index (κ3) is 3.17. The van der Waals surface area contributed by atoms with Gasteiger partial charge in [-0.2, -0.15) is 13.2 Å². The lowest BCUT2D eigenvalue weighted by Gasteiger charge is -2.27. The van der Waals surface area contributed by atoms with Crippen LogP contribution in [0.2, 0.25) is 5.02 Å². The summed E-state index contributed by atoms with van der Waals surface area (Å²) in [5, 5.41) is 0.382. The predicted octanol–water partition coefficient (Wildman–Crippen LogP) is 5.05. The Balaban J connectivity index is 1.53. The van der Waals surface area contributed by atoms with Crippen molar-refractivity contribution >= 4 is 40.7 Å². The van der Waals surface area contributed by atoms with E-state index >= 15 is 0 Å². The quantitative estimate of drug-likeness (QED) is 0.345. The van der Waals surface area contributed by atoms with Crippen molar-refractivity contribution in [2.45, 2.75) is 17.9 Å². The molecule has 3 aliphatic rings. The van der Waals surface area contributed by atoms with E-state index in [9.17, 15) is 32.3 Å². The first-order valence-corrected chi connectivity index (χ1v) is 11.6. The third-order valence-corrected chi connectivity index (χ3v) is 7.40. The van der Waals surface area contributed by atoms with Gasteiger partial charge >= 0.3 is 6.18 Å². The molecule has 2 fully saturated rings. The minimum Gasteiger partial charge on any atom is -0.349 e. The van der Waals surface area contributed by atoms with E-state index < -0.39 is 58.7 Å². The van der Waals surface area contributed by atoms with Gasteiger partial charge in [-0.05, 0) is 35.9 Å². The molecule has 2 amide bonds. The Hall–Kier alpha value is -3.82. The highest BCUT2D eigenvalue weighted by Crippen LogP contribution is 2.57. The maximum absolute atomic E-state index is 13.8. The molecule has 1 spiro atoms. The lowest BCUT2D eigenvalue weighted by molar-refractivity contribution is -0.137. The number of amides is 2. The molecule has 1 aliphatic carbocycles. The highest BCUT2D eigenvalue weighted by Gasteiger charge is 2.74. The Labute approximate surface area is 212 Å². The second-order valence-corrected chi connectivity index (χ2v) is 9.53. The molecule has 0 N–H and O–H groups in total. The Morgan fingerprint density at radius 1 is 0.811 bits per heavy atom. The minimum absolute atomic E-state index is 0.0563. The van der Waals surface area contributed by atoms with Crippen molar-refractivity contribution in [3.8, 4) is 0 Å². The molecule has 2 saturated heterocycles. The Morgan fingerprint density at radius 2 is 1.43 bits per heavy atom. The molecule has 3 aromatic rings. The SMILES string of the molecule is O=C1C2C(c3ccc(Cl)cc3)OC3(C(=O)c4ccccc4C3=O)C2C(=O)N1c1cccc(C(F)(F)F)c1. The maximum Gasteiger partial charge on any atom is 0.416 e. The molecule has 6 nitrogen and oxygen atoms in total. The molecular weight excluding hydrogens is 511 g/mol. The molecule has 3 atom stereocenters. The number of fused-ring (bicyclic) bond motifs is 3. The zero-order valence-corrected chi connectivity index (χ0v) is 19.4. The molecule has 0 saturated carbocycles. The van der Waals surface area contributed by atoms with Gasteiger partial charge in [-0.3, -0.25) is 19.2 Å². The maximum atomic E-state index is 13.8. The zero-order chi connectivity index (χ0) is 26.3. The number of rotatable bonds is 2. The highest BCUT2D eigenvalue weighted by atomic mass is 35.5. The fraction of sp³-hybridized carbons (Fsp3) is 0.185. The van der Waals surface area contributed by atoms with Crippen LogP contribution < -0.4 is 4.90 Å². The average molecular weight is 526 g/mol. The lowest BCUT2D eigenvalue weighted by Crippen LogP contribution is -2.51. The van der Waals surface area contributed by atoms with Crippen LogP contribution in [0.1, 0.15) is 37.9 Å². The largest absolute Gasteiger partial charge is 0.416 e. The van der Waals surface area contributed by atoms with Crippen molar-refractivity contribution in [3.63, 3.8) is 0 Å². The summed E-state index contributed by atoms with van der Waals surface area (Å²) in [4.78, 5) is 55.5. The van der Waals surface area contributed by atoms with Gasteiger partial charge in [0, 0.05) is 16.1 Å². The summed E-state index contributed by atoms with van der Waals surface area (Å²) in [5.41, 5.74) is -3.17. The molecule has 0 radical (unpaired) electrons. The number of benzene rings is 3. The Kier molecular flexibility index (Phi) is 4.99. The number of imide groups is 1. The van der Waals surface area contributed by atoms with Gasteiger partial charge in [-0.25, -0.2) is 4.90 Å². The average Bonchev–Trinajstić information content (AvgIpc) is 3.44. The second-order valence-electron chi connectivity index (χ2n) is 9.09. The number of carbonyl (C=O) groups excluding carboxylic acids is 4. The highest BCUT2D eigenvalue weighted by molar-refractivity contribution is 6.37. The summed E-state index contributed by atoms with van der Waals surface area (Å²) >= 11 is 5.99. The van der Waals surface area contributed by atoms with Crippen LogP contribution in [-0.4, -0.2) is 29.0 Å². The van der Waals surface area contributed by atoms with Crippen molar-refractivity contribution in [1.82, 2.24) is 0 Å². The van der Waals surface area contributed by atoms with E-state index in [0.29, 0.717) is 21.6 Å². The first kappa shape index (κ1) is 23.6. The van der Waals surface area contributed by atoms with Gasteiger partial charge in [0.25, 0.3) is 0 Å². The molecule has 6 rings (SSSR count). The molecule has 2 aliphatic heterocycles. The van der Waals surface area contributed by atoms with Crippen molar-refractivity contribution in [2.24, 2.45) is 11.8 Å². The fourth-order valence-electron chi connectivity index (χ4n) is 5.55. The predicted molar refractivity (Wildman–Crippen MR) is 124 cm³/mol. The van der Waals surface area contributed by atoms with E-state index in [2.05, 4.69) is 0 Å². The van der Waals surface area contributed by atoms with Crippen LogP contribution in [0, 0.1) is 11.8 Å². The van der Waals surface area contributed by atoms with Crippen LogP contribution in [0.5, 0.6) is 0 Å². The van der Waals surface area contributed by atoms with Crippen LogP contribution >= 0.6 is 11.6 Å². The van der Waals surface area contributed by atoms with Crippen molar-refractivity contribution in [2.75, 3.05) is 4.90 Å². The number of hydrogen-bond acceptors (Lipinski definition) is 5. The number of ketones is 2. The normalized spacial score (nSPS) is 24.2. The molecule has 3 unspecified atom stereocenters. The van der Waals surface area contributed by atoms with Crippen LogP contribution in [0.4, 0.5) is 18.9 Å². The van der Waals surface area contributed by atoms with Crippen molar-refractivity contribution in [3.05, 3.63) is 100 Å². The smallest absolute Gasteiger partial charge is 0.349 e. The third-order valence-electron chi connectivity index (χ3n) is 7.15. The van der Waals surface area contributed by atoms with E-state index in [-0.39, 0.29) is 16.8 Å². The van der Waals surface area contributed by atoms with Crippen LogP contribution in [-0.2, 0) is 20.5 Å². The van der Waals surface area contributed by atoms with Crippen molar-refractivity contribution < 1.29 is 37.1 Å². The molecule has 3 aromatic carbocycles. The molecule has 186 valence electrons. The first-order valence-electron chi connectivity index (χ1n) is 11.2. The van der Waals surface area contributed by atoms with Crippen LogP contribution in [0.3, 0.4) is 0 Å². The van der Waals surface area contributed by atoms with Gasteiger partial charge in [-0.15, -0.1) is 0 Å². The monoisotopic (exact) mass is 525 g/mol. The fourth-order valence-corrected chi connectivity index (χ4v) is 5.67.